The lowest BCUT2D eigenvalue weighted by Gasteiger charge is -2.57. The van der Waals surface area contributed by atoms with E-state index in [1.807, 2.05) is 18.2 Å². The maximum absolute atomic E-state index is 12.2. The van der Waals surface area contributed by atoms with Crippen LogP contribution in [-0.2, 0) is 4.74 Å². The predicted molar refractivity (Wildman–Crippen MR) is 74.2 cm³/mol. The van der Waals surface area contributed by atoms with Crippen LogP contribution >= 0.6 is 0 Å². The minimum Gasteiger partial charge on any atom is -0.458 e. The van der Waals surface area contributed by atoms with Crippen molar-refractivity contribution in [2.75, 3.05) is 0 Å². The zero-order chi connectivity index (χ0) is 13.7. The molecule has 0 aliphatic heterocycles. The molecule has 4 bridgehead atoms. The average Bonchev–Trinajstić information content (AvgIpc) is 2.42. The summed E-state index contributed by atoms with van der Waals surface area (Å²) in [6, 6.07) is 9.21. The van der Waals surface area contributed by atoms with Crippen molar-refractivity contribution in [1.82, 2.24) is 0 Å². The second kappa shape index (κ2) is 4.32. The van der Waals surface area contributed by atoms with Gasteiger partial charge in [-0.05, 0) is 62.0 Å². The molecule has 5 atom stereocenters. The highest BCUT2D eigenvalue weighted by molar-refractivity contribution is 5.89. The van der Waals surface area contributed by atoms with Gasteiger partial charge in [-0.2, -0.15) is 0 Å². The van der Waals surface area contributed by atoms with Gasteiger partial charge < -0.3 is 9.84 Å². The Balaban J connectivity index is 1.52. The molecule has 4 fully saturated rings. The summed E-state index contributed by atoms with van der Waals surface area (Å²) in [6.07, 6.45) is 4.83. The molecule has 106 valence electrons. The number of benzene rings is 1. The van der Waals surface area contributed by atoms with Gasteiger partial charge in [-0.15, -0.1) is 0 Å². The van der Waals surface area contributed by atoms with E-state index in [4.69, 9.17) is 4.74 Å². The molecule has 0 heterocycles. The molecule has 20 heavy (non-hydrogen) atoms. The van der Waals surface area contributed by atoms with Crippen molar-refractivity contribution in [3.8, 4) is 0 Å². The second-order valence-electron chi connectivity index (χ2n) is 6.93. The molecule has 4 saturated carbocycles. The van der Waals surface area contributed by atoms with E-state index in [2.05, 4.69) is 0 Å². The standard InChI is InChI=1S/C17H20O3/c18-16(12-4-2-1-3-5-12)20-15-13-6-11-7-14(15)10-17(19,8-11)9-13/h1-5,11,13-15,19H,6-10H2/t11?,13-,14+,15?,17?. The van der Waals surface area contributed by atoms with Crippen LogP contribution in [0, 0.1) is 17.8 Å². The summed E-state index contributed by atoms with van der Waals surface area (Å²) in [5.41, 5.74) is 0.159. The predicted octanol–water partition coefficient (Wildman–Crippen LogP) is 2.78. The summed E-state index contributed by atoms with van der Waals surface area (Å²) < 4.78 is 5.81. The van der Waals surface area contributed by atoms with Crippen LogP contribution in [0.2, 0.25) is 0 Å². The van der Waals surface area contributed by atoms with Crippen LogP contribution in [0.25, 0.3) is 0 Å². The maximum atomic E-state index is 12.2. The molecule has 0 saturated heterocycles. The lowest BCUT2D eigenvalue weighted by Crippen LogP contribution is -2.57. The van der Waals surface area contributed by atoms with Gasteiger partial charge in [-0.1, -0.05) is 18.2 Å². The van der Waals surface area contributed by atoms with Crippen LogP contribution in [0.15, 0.2) is 30.3 Å². The van der Waals surface area contributed by atoms with Crippen LogP contribution in [0.3, 0.4) is 0 Å². The Kier molecular flexibility index (Phi) is 2.68. The number of esters is 1. The van der Waals surface area contributed by atoms with Gasteiger partial charge >= 0.3 is 5.97 Å². The number of rotatable bonds is 2. The van der Waals surface area contributed by atoms with Gasteiger partial charge in [-0.3, -0.25) is 0 Å². The fourth-order valence-electron chi connectivity index (χ4n) is 4.89. The van der Waals surface area contributed by atoms with Crippen molar-refractivity contribution in [2.45, 2.75) is 43.8 Å². The van der Waals surface area contributed by atoms with E-state index in [1.54, 1.807) is 12.1 Å². The van der Waals surface area contributed by atoms with Gasteiger partial charge in [0.1, 0.15) is 6.10 Å². The van der Waals surface area contributed by atoms with Gasteiger partial charge in [0.05, 0.1) is 11.2 Å². The third-order valence-electron chi connectivity index (χ3n) is 5.41. The van der Waals surface area contributed by atoms with Crippen LogP contribution in [0.4, 0.5) is 0 Å². The van der Waals surface area contributed by atoms with Crippen LogP contribution in [-0.4, -0.2) is 22.8 Å². The Bertz CT molecular complexity index is 508. The van der Waals surface area contributed by atoms with Gasteiger partial charge in [0.15, 0.2) is 0 Å². The lowest BCUT2D eigenvalue weighted by molar-refractivity contribution is -0.176. The fraction of sp³-hybridized carbons (Fsp3) is 0.588. The molecule has 0 aromatic heterocycles. The first-order valence-corrected chi connectivity index (χ1v) is 7.61. The Morgan fingerprint density at radius 2 is 1.75 bits per heavy atom. The van der Waals surface area contributed by atoms with Crippen molar-refractivity contribution < 1.29 is 14.6 Å². The third kappa shape index (κ3) is 1.96. The number of carbonyl (C=O) groups excluding carboxylic acids is 1. The monoisotopic (exact) mass is 272 g/mol. The molecular weight excluding hydrogens is 252 g/mol. The summed E-state index contributed by atoms with van der Waals surface area (Å²) in [5, 5.41) is 10.5. The van der Waals surface area contributed by atoms with Gasteiger partial charge in [0, 0.05) is 0 Å². The highest BCUT2D eigenvalue weighted by Gasteiger charge is 2.56. The maximum Gasteiger partial charge on any atom is 0.338 e. The highest BCUT2D eigenvalue weighted by atomic mass is 16.5. The molecule has 0 radical (unpaired) electrons. The molecule has 4 aliphatic carbocycles. The molecule has 3 unspecified atom stereocenters. The normalized spacial score (nSPS) is 41.6. The molecule has 3 heteroatoms. The molecular formula is C17H20O3. The van der Waals surface area contributed by atoms with Crippen molar-refractivity contribution in [3.05, 3.63) is 35.9 Å². The number of aliphatic hydroxyl groups is 1. The van der Waals surface area contributed by atoms with Crippen molar-refractivity contribution in [1.29, 1.82) is 0 Å². The first-order valence-electron chi connectivity index (χ1n) is 7.61. The van der Waals surface area contributed by atoms with E-state index in [0.717, 1.165) is 32.1 Å². The number of carbonyl (C=O) groups is 1. The smallest absolute Gasteiger partial charge is 0.338 e. The SMILES string of the molecule is O=C(OC1[C@@H]2CC3C[C@H]1CC(O)(C3)C2)c1ccccc1. The molecule has 5 rings (SSSR count). The lowest BCUT2D eigenvalue weighted by atomic mass is 9.53. The Morgan fingerprint density at radius 1 is 1.10 bits per heavy atom. The Hall–Kier alpha value is -1.35. The van der Waals surface area contributed by atoms with Crippen molar-refractivity contribution >= 4 is 5.97 Å². The van der Waals surface area contributed by atoms with E-state index in [9.17, 15) is 9.90 Å². The molecule has 1 N–H and O–H groups in total. The largest absolute Gasteiger partial charge is 0.458 e. The fourth-order valence-corrected chi connectivity index (χ4v) is 4.89. The molecule has 4 aliphatic rings. The number of hydrogen-bond acceptors (Lipinski definition) is 3. The van der Waals surface area contributed by atoms with Gasteiger partial charge in [0.25, 0.3) is 0 Å². The molecule has 3 nitrogen and oxygen atoms in total. The van der Waals surface area contributed by atoms with Crippen molar-refractivity contribution in [2.24, 2.45) is 17.8 Å². The van der Waals surface area contributed by atoms with E-state index in [-0.39, 0.29) is 12.1 Å². The molecule has 1 aromatic rings. The van der Waals surface area contributed by atoms with Gasteiger partial charge in [-0.25, -0.2) is 4.79 Å². The average molecular weight is 272 g/mol. The first kappa shape index (κ1) is 12.4. The number of ether oxygens (including phenoxy) is 1. The summed E-state index contributed by atoms with van der Waals surface area (Å²) in [6.45, 7) is 0. The topological polar surface area (TPSA) is 46.5 Å². The summed E-state index contributed by atoms with van der Waals surface area (Å²) in [7, 11) is 0. The molecule has 1 aromatic carbocycles. The second-order valence-corrected chi connectivity index (χ2v) is 6.93. The summed E-state index contributed by atoms with van der Waals surface area (Å²) in [5.74, 6) is 1.15. The minimum absolute atomic E-state index is 0.0135. The summed E-state index contributed by atoms with van der Waals surface area (Å²) in [4.78, 5) is 12.2. The zero-order valence-corrected chi connectivity index (χ0v) is 11.5. The highest BCUT2D eigenvalue weighted by Crippen LogP contribution is 2.56. The van der Waals surface area contributed by atoms with E-state index >= 15 is 0 Å². The first-order chi connectivity index (χ1) is 9.63. The molecule has 0 amide bonds. The Labute approximate surface area is 118 Å². The van der Waals surface area contributed by atoms with Crippen molar-refractivity contribution in [3.63, 3.8) is 0 Å². The van der Waals surface area contributed by atoms with E-state index < -0.39 is 5.60 Å². The quantitative estimate of drug-likeness (QED) is 0.842. The third-order valence-corrected chi connectivity index (χ3v) is 5.41. The van der Waals surface area contributed by atoms with Crippen LogP contribution < -0.4 is 0 Å². The molecule has 0 spiro atoms. The van der Waals surface area contributed by atoms with E-state index in [1.165, 1.54) is 0 Å². The van der Waals surface area contributed by atoms with Crippen LogP contribution in [0.5, 0.6) is 0 Å². The van der Waals surface area contributed by atoms with Crippen LogP contribution in [0.1, 0.15) is 42.5 Å². The Morgan fingerprint density at radius 3 is 2.35 bits per heavy atom. The minimum atomic E-state index is -0.466. The van der Waals surface area contributed by atoms with Gasteiger partial charge in [0.2, 0.25) is 0 Å². The number of hydrogen-bond donors (Lipinski definition) is 1. The zero-order valence-electron chi connectivity index (χ0n) is 11.5. The summed E-state index contributed by atoms with van der Waals surface area (Å²) >= 11 is 0. The van der Waals surface area contributed by atoms with E-state index in [0.29, 0.717) is 23.3 Å².